The van der Waals surface area contributed by atoms with Gasteiger partial charge in [-0.05, 0) is 31.0 Å². The van der Waals surface area contributed by atoms with Crippen molar-refractivity contribution in [1.82, 2.24) is 10.3 Å². The normalized spacial score (nSPS) is 17.0. The van der Waals surface area contributed by atoms with E-state index in [0.717, 1.165) is 28.2 Å². The van der Waals surface area contributed by atoms with Crippen LogP contribution in [0.4, 0.5) is 0 Å². The Labute approximate surface area is 129 Å². The van der Waals surface area contributed by atoms with E-state index in [2.05, 4.69) is 26.2 Å². The maximum absolute atomic E-state index is 12.3. The van der Waals surface area contributed by atoms with Gasteiger partial charge in [0.1, 0.15) is 11.2 Å². The molecule has 0 spiro atoms. The van der Waals surface area contributed by atoms with Crippen LogP contribution in [-0.2, 0) is 4.79 Å². The average molecular weight is 351 g/mol. The fourth-order valence-corrected chi connectivity index (χ4v) is 3.24. The van der Waals surface area contributed by atoms with Crippen LogP contribution in [-0.4, -0.2) is 27.5 Å². The van der Waals surface area contributed by atoms with E-state index < -0.39 is 11.5 Å². The Hall–Kier alpha value is -1.82. The molecule has 0 radical (unpaired) electrons. The molecule has 0 atom stereocenters. The van der Waals surface area contributed by atoms with Gasteiger partial charge in [-0.3, -0.25) is 4.79 Å². The van der Waals surface area contributed by atoms with Gasteiger partial charge in [0, 0.05) is 15.4 Å². The molecule has 1 fully saturated rings. The van der Waals surface area contributed by atoms with Crippen molar-refractivity contribution in [3.63, 3.8) is 0 Å². The molecule has 110 valence electrons. The van der Waals surface area contributed by atoms with E-state index in [1.54, 1.807) is 6.07 Å². The molecule has 0 saturated heterocycles. The number of aliphatic carboxylic acids is 1. The predicted octanol–water partition coefficient (Wildman–Crippen LogP) is 3.06. The third kappa shape index (κ3) is 2.55. The monoisotopic (exact) mass is 350 g/mol. The standard InChI is InChI=1S/C15H15BrN2O3/c16-10-4-3-9-7-12(17-11(9)8-10)13(19)18-15(14(20)21)5-1-2-6-15/h3-4,7-8,17H,1-2,5-6H2,(H,18,19)(H,20,21). The number of carboxylic acid groups (broad SMARTS) is 1. The lowest BCUT2D eigenvalue weighted by Gasteiger charge is -2.24. The molecule has 0 bridgehead atoms. The van der Waals surface area contributed by atoms with Crippen molar-refractivity contribution in [2.45, 2.75) is 31.2 Å². The SMILES string of the molecule is O=C(NC1(C(=O)O)CCCC1)c1cc2ccc(Br)cc2[nH]1. The van der Waals surface area contributed by atoms with Crippen LogP contribution in [0, 0.1) is 0 Å². The van der Waals surface area contributed by atoms with Crippen LogP contribution in [0.2, 0.25) is 0 Å². The zero-order valence-electron chi connectivity index (χ0n) is 11.3. The summed E-state index contributed by atoms with van der Waals surface area (Å²) in [5.41, 5.74) is 0.107. The van der Waals surface area contributed by atoms with Gasteiger partial charge in [-0.15, -0.1) is 0 Å². The Kier molecular flexibility index (Phi) is 3.49. The van der Waals surface area contributed by atoms with Crippen LogP contribution in [0.5, 0.6) is 0 Å². The number of fused-ring (bicyclic) bond motifs is 1. The Balaban J connectivity index is 1.88. The van der Waals surface area contributed by atoms with E-state index in [0.29, 0.717) is 18.5 Å². The summed E-state index contributed by atoms with van der Waals surface area (Å²) in [7, 11) is 0. The maximum atomic E-state index is 12.3. The molecule has 6 heteroatoms. The number of hydrogen-bond acceptors (Lipinski definition) is 2. The molecular formula is C15H15BrN2O3. The Bertz CT molecular complexity index is 717. The van der Waals surface area contributed by atoms with Gasteiger partial charge < -0.3 is 15.4 Å². The number of H-pyrrole nitrogens is 1. The molecule has 1 amide bonds. The lowest BCUT2D eigenvalue weighted by Crippen LogP contribution is -2.52. The lowest BCUT2D eigenvalue weighted by atomic mass is 9.97. The summed E-state index contributed by atoms with van der Waals surface area (Å²) in [6, 6.07) is 7.42. The minimum Gasteiger partial charge on any atom is -0.480 e. The molecule has 2 aromatic rings. The zero-order valence-corrected chi connectivity index (χ0v) is 12.9. The van der Waals surface area contributed by atoms with Crippen molar-refractivity contribution in [2.75, 3.05) is 0 Å². The number of amides is 1. The minimum absolute atomic E-state index is 0.369. The molecule has 1 aromatic carbocycles. The van der Waals surface area contributed by atoms with Crippen LogP contribution in [0.25, 0.3) is 10.9 Å². The summed E-state index contributed by atoms with van der Waals surface area (Å²) < 4.78 is 0.918. The molecular weight excluding hydrogens is 336 g/mol. The first-order chi connectivity index (χ1) is 10.00. The molecule has 0 aliphatic heterocycles. The predicted molar refractivity (Wildman–Crippen MR) is 82.3 cm³/mol. The van der Waals surface area contributed by atoms with Crippen LogP contribution >= 0.6 is 15.9 Å². The number of nitrogens with one attached hydrogen (secondary N) is 2. The third-order valence-corrected chi connectivity index (χ3v) is 4.54. The molecule has 1 saturated carbocycles. The number of rotatable bonds is 3. The highest BCUT2D eigenvalue weighted by molar-refractivity contribution is 9.10. The van der Waals surface area contributed by atoms with E-state index in [1.807, 2.05) is 18.2 Å². The van der Waals surface area contributed by atoms with Gasteiger partial charge in [-0.1, -0.05) is 34.8 Å². The van der Waals surface area contributed by atoms with Gasteiger partial charge >= 0.3 is 5.97 Å². The van der Waals surface area contributed by atoms with E-state index in [4.69, 9.17) is 0 Å². The van der Waals surface area contributed by atoms with Gasteiger partial charge in [-0.2, -0.15) is 0 Å². The highest BCUT2D eigenvalue weighted by Gasteiger charge is 2.42. The molecule has 1 aliphatic rings. The highest BCUT2D eigenvalue weighted by Crippen LogP contribution is 2.30. The van der Waals surface area contributed by atoms with E-state index in [9.17, 15) is 14.7 Å². The molecule has 3 rings (SSSR count). The summed E-state index contributed by atoms with van der Waals surface area (Å²) >= 11 is 3.38. The molecule has 3 N–H and O–H groups in total. The Morgan fingerprint density at radius 3 is 2.62 bits per heavy atom. The summed E-state index contributed by atoms with van der Waals surface area (Å²) in [6.07, 6.45) is 2.62. The quantitative estimate of drug-likeness (QED) is 0.795. The largest absolute Gasteiger partial charge is 0.480 e. The highest BCUT2D eigenvalue weighted by atomic mass is 79.9. The van der Waals surface area contributed by atoms with Crippen molar-refractivity contribution < 1.29 is 14.7 Å². The van der Waals surface area contributed by atoms with Gasteiger partial charge in [0.25, 0.3) is 5.91 Å². The zero-order chi connectivity index (χ0) is 15.0. The second-order valence-electron chi connectivity index (χ2n) is 5.46. The first-order valence-electron chi connectivity index (χ1n) is 6.84. The van der Waals surface area contributed by atoms with Crippen molar-refractivity contribution in [2.24, 2.45) is 0 Å². The van der Waals surface area contributed by atoms with Crippen LogP contribution < -0.4 is 5.32 Å². The second kappa shape index (κ2) is 5.18. The van der Waals surface area contributed by atoms with Crippen molar-refractivity contribution in [3.05, 3.63) is 34.4 Å². The number of aromatic nitrogens is 1. The summed E-state index contributed by atoms with van der Waals surface area (Å²) in [5.74, 6) is -1.32. The molecule has 1 heterocycles. The minimum atomic E-state index is -1.12. The third-order valence-electron chi connectivity index (χ3n) is 4.05. The molecule has 5 nitrogen and oxygen atoms in total. The van der Waals surface area contributed by atoms with Crippen molar-refractivity contribution in [1.29, 1.82) is 0 Å². The fourth-order valence-electron chi connectivity index (χ4n) is 2.88. The summed E-state index contributed by atoms with van der Waals surface area (Å²) in [5, 5.41) is 13.0. The molecule has 1 aromatic heterocycles. The second-order valence-corrected chi connectivity index (χ2v) is 6.38. The fraction of sp³-hybridized carbons (Fsp3) is 0.333. The topological polar surface area (TPSA) is 82.2 Å². The molecule has 21 heavy (non-hydrogen) atoms. The number of benzene rings is 1. The number of carbonyl (C=O) groups is 2. The van der Waals surface area contributed by atoms with Gasteiger partial charge in [0.15, 0.2) is 0 Å². The Morgan fingerprint density at radius 2 is 1.95 bits per heavy atom. The first kappa shape index (κ1) is 14.1. The number of aromatic amines is 1. The van der Waals surface area contributed by atoms with Gasteiger partial charge in [0.05, 0.1) is 0 Å². The van der Waals surface area contributed by atoms with Crippen LogP contribution in [0.3, 0.4) is 0 Å². The summed E-state index contributed by atoms with van der Waals surface area (Å²) in [6.45, 7) is 0. The smallest absolute Gasteiger partial charge is 0.329 e. The number of halogens is 1. The number of hydrogen-bond donors (Lipinski definition) is 3. The number of carboxylic acids is 1. The van der Waals surface area contributed by atoms with Gasteiger partial charge in [0.2, 0.25) is 0 Å². The maximum Gasteiger partial charge on any atom is 0.329 e. The van der Waals surface area contributed by atoms with Gasteiger partial charge in [-0.25, -0.2) is 4.79 Å². The molecule has 1 aliphatic carbocycles. The summed E-state index contributed by atoms with van der Waals surface area (Å²) in [4.78, 5) is 26.9. The number of carbonyl (C=O) groups excluding carboxylic acids is 1. The van der Waals surface area contributed by atoms with Crippen molar-refractivity contribution >= 4 is 38.7 Å². The van der Waals surface area contributed by atoms with Crippen LogP contribution in [0.15, 0.2) is 28.7 Å². The lowest BCUT2D eigenvalue weighted by molar-refractivity contribution is -0.144. The van der Waals surface area contributed by atoms with Crippen molar-refractivity contribution in [3.8, 4) is 0 Å². The van der Waals surface area contributed by atoms with E-state index in [-0.39, 0.29) is 5.91 Å². The average Bonchev–Trinajstić information content (AvgIpc) is 3.05. The van der Waals surface area contributed by atoms with E-state index >= 15 is 0 Å². The first-order valence-corrected chi connectivity index (χ1v) is 7.64. The molecule has 0 unspecified atom stereocenters. The Morgan fingerprint density at radius 1 is 1.24 bits per heavy atom. The van der Waals surface area contributed by atoms with Crippen LogP contribution in [0.1, 0.15) is 36.2 Å². The van der Waals surface area contributed by atoms with E-state index in [1.165, 1.54) is 0 Å².